The summed E-state index contributed by atoms with van der Waals surface area (Å²) in [4.78, 5) is 14.6. The van der Waals surface area contributed by atoms with Crippen molar-refractivity contribution in [3.05, 3.63) is 51.9 Å². The highest BCUT2D eigenvalue weighted by molar-refractivity contribution is 6.29. The van der Waals surface area contributed by atoms with Crippen LogP contribution in [0, 0.1) is 6.92 Å². The van der Waals surface area contributed by atoms with Crippen LogP contribution in [0.4, 0.5) is 0 Å². The van der Waals surface area contributed by atoms with Crippen LogP contribution in [0.25, 0.3) is 0 Å². The molecule has 0 atom stereocenters. The van der Waals surface area contributed by atoms with Gasteiger partial charge in [0.25, 0.3) is 0 Å². The molecule has 3 rings (SSSR count). The number of rotatable bonds is 7. The van der Waals surface area contributed by atoms with E-state index in [-0.39, 0.29) is 11.1 Å². The Morgan fingerprint density at radius 3 is 2.54 bits per heavy atom. The van der Waals surface area contributed by atoms with Gasteiger partial charge in [-0.05, 0) is 62.0 Å². The number of aromatic nitrogens is 1. The van der Waals surface area contributed by atoms with Gasteiger partial charge in [-0.2, -0.15) is 0 Å². The van der Waals surface area contributed by atoms with Crippen LogP contribution in [0.1, 0.15) is 48.1 Å². The summed E-state index contributed by atoms with van der Waals surface area (Å²) in [6.07, 6.45) is 4.88. The van der Waals surface area contributed by atoms with Crippen LogP contribution >= 0.6 is 11.6 Å². The van der Waals surface area contributed by atoms with E-state index in [1.165, 1.54) is 37.9 Å². The van der Waals surface area contributed by atoms with Crippen molar-refractivity contribution in [1.82, 2.24) is 15.4 Å². The molecule has 1 fully saturated rings. The van der Waals surface area contributed by atoms with Crippen molar-refractivity contribution in [2.45, 2.75) is 52.1 Å². The lowest BCUT2D eigenvalue weighted by atomic mass is 10.1. The van der Waals surface area contributed by atoms with Gasteiger partial charge in [-0.3, -0.25) is 9.69 Å². The average Bonchev–Trinajstić information content (AvgIpc) is 2.98. The molecule has 1 aromatic carbocycles. The molecule has 1 saturated heterocycles. The second kappa shape index (κ2) is 9.19. The number of hydrogen-bond acceptors (Lipinski definition) is 4. The number of likely N-dealkylation sites (tertiary alicyclic amines) is 1. The minimum absolute atomic E-state index is 0.000870. The number of aryl methyl sites for hydroxylation is 1. The molecule has 1 aliphatic rings. The van der Waals surface area contributed by atoms with Crippen molar-refractivity contribution >= 4 is 17.5 Å². The predicted molar refractivity (Wildman–Crippen MR) is 102 cm³/mol. The van der Waals surface area contributed by atoms with E-state index in [4.69, 9.17) is 16.1 Å². The zero-order valence-corrected chi connectivity index (χ0v) is 16.0. The number of benzene rings is 1. The van der Waals surface area contributed by atoms with E-state index in [0.29, 0.717) is 19.4 Å². The molecule has 1 aliphatic heterocycles. The summed E-state index contributed by atoms with van der Waals surface area (Å²) in [5, 5.41) is 7.03. The van der Waals surface area contributed by atoms with E-state index >= 15 is 0 Å². The zero-order valence-electron chi connectivity index (χ0n) is 15.3. The molecule has 0 spiro atoms. The SMILES string of the molecule is Cc1noc(Cl)c1CCC(=O)NCc1ccc(CN2CCCCC2)cc1. The van der Waals surface area contributed by atoms with Gasteiger partial charge < -0.3 is 9.84 Å². The van der Waals surface area contributed by atoms with Crippen molar-refractivity contribution < 1.29 is 9.32 Å². The highest BCUT2D eigenvalue weighted by Gasteiger charge is 2.13. The van der Waals surface area contributed by atoms with Crippen LogP contribution in [-0.4, -0.2) is 29.1 Å². The number of hydrogen-bond donors (Lipinski definition) is 1. The summed E-state index contributed by atoms with van der Waals surface area (Å²) in [6.45, 7) is 5.79. The third-order valence-corrected chi connectivity index (χ3v) is 5.20. The summed E-state index contributed by atoms with van der Waals surface area (Å²) in [7, 11) is 0. The summed E-state index contributed by atoms with van der Waals surface area (Å²) < 4.78 is 4.90. The molecule has 5 nitrogen and oxygen atoms in total. The maximum Gasteiger partial charge on any atom is 0.229 e. The first kappa shape index (κ1) is 18.9. The van der Waals surface area contributed by atoms with E-state index in [1.807, 2.05) is 6.92 Å². The zero-order chi connectivity index (χ0) is 18.4. The highest BCUT2D eigenvalue weighted by Crippen LogP contribution is 2.20. The molecular weight excluding hydrogens is 350 g/mol. The number of carbonyl (C=O) groups excluding carboxylic acids is 1. The lowest BCUT2D eigenvalue weighted by Gasteiger charge is -2.26. The van der Waals surface area contributed by atoms with Gasteiger partial charge in [-0.25, -0.2) is 0 Å². The van der Waals surface area contributed by atoms with Gasteiger partial charge in [0.1, 0.15) is 0 Å². The van der Waals surface area contributed by atoms with Crippen LogP contribution in [-0.2, 0) is 24.3 Å². The highest BCUT2D eigenvalue weighted by atomic mass is 35.5. The van der Waals surface area contributed by atoms with Gasteiger partial charge in [0.15, 0.2) is 0 Å². The largest absolute Gasteiger partial charge is 0.352 e. The molecule has 140 valence electrons. The molecule has 0 unspecified atom stereocenters. The normalized spacial score (nSPS) is 15.2. The molecule has 1 N–H and O–H groups in total. The van der Waals surface area contributed by atoms with E-state index in [1.54, 1.807) is 0 Å². The number of amides is 1. The van der Waals surface area contributed by atoms with Crippen LogP contribution in [0.3, 0.4) is 0 Å². The van der Waals surface area contributed by atoms with Crippen LogP contribution in [0.5, 0.6) is 0 Å². The van der Waals surface area contributed by atoms with E-state index < -0.39 is 0 Å². The minimum Gasteiger partial charge on any atom is -0.352 e. The Morgan fingerprint density at radius 1 is 1.19 bits per heavy atom. The molecule has 6 heteroatoms. The molecule has 0 bridgehead atoms. The smallest absolute Gasteiger partial charge is 0.229 e. The Bertz CT molecular complexity index is 702. The van der Waals surface area contributed by atoms with Crippen molar-refractivity contribution in [2.75, 3.05) is 13.1 Å². The Balaban J connectivity index is 1.41. The van der Waals surface area contributed by atoms with Crippen molar-refractivity contribution in [3.63, 3.8) is 0 Å². The maximum absolute atomic E-state index is 12.1. The van der Waals surface area contributed by atoms with Crippen LogP contribution in [0.2, 0.25) is 5.22 Å². The topological polar surface area (TPSA) is 58.4 Å². The molecular formula is C20H26ClN3O2. The third kappa shape index (κ3) is 5.32. The first-order chi connectivity index (χ1) is 12.6. The number of halogens is 1. The van der Waals surface area contributed by atoms with Crippen molar-refractivity contribution in [1.29, 1.82) is 0 Å². The molecule has 0 aliphatic carbocycles. The lowest BCUT2D eigenvalue weighted by molar-refractivity contribution is -0.121. The fourth-order valence-corrected chi connectivity index (χ4v) is 3.57. The van der Waals surface area contributed by atoms with Gasteiger partial charge in [0.2, 0.25) is 11.1 Å². The summed E-state index contributed by atoms with van der Waals surface area (Å²) in [5.41, 5.74) is 4.00. The number of nitrogens with zero attached hydrogens (tertiary/aromatic N) is 2. The minimum atomic E-state index is -0.000870. The molecule has 0 saturated carbocycles. The summed E-state index contributed by atoms with van der Waals surface area (Å²) in [6, 6.07) is 8.52. The van der Waals surface area contributed by atoms with E-state index in [0.717, 1.165) is 23.4 Å². The fraction of sp³-hybridized carbons (Fsp3) is 0.500. The number of carbonyl (C=O) groups is 1. The molecule has 26 heavy (non-hydrogen) atoms. The van der Waals surface area contributed by atoms with Gasteiger partial charge >= 0.3 is 0 Å². The number of piperidine rings is 1. The molecule has 0 radical (unpaired) electrons. The predicted octanol–water partition coefficient (Wildman–Crippen LogP) is 3.87. The maximum atomic E-state index is 12.1. The van der Waals surface area contributed by atoms with Crippen LogP contribution < -0.4 is 5.32 Å². The standard InChI is InChI=1S/C20H26ClN3O2/c1-15-18(20(21)26-23-15)9-10-19(25)22-13-16-5-7-17(8-6-16)14-24-11-3-2-4-12-24/h5-8H,2-4,9-14H2,1H3,(H,22,25). The number of nitrogens with one attached hydrogen (secondary N) is 1. The first-order valence-corrected chi connectivity index (χ1v) is 9.67. The molecule has 1 aromatic heterocycles. The third-order valence-electron chi connectivity index (χ3n) is 4.91. The summed E-state index contributed by atoms with van der Waals surface area (Å²) in [5.74, 6) is -0.000870. The van der Waals surface area contributed by atoms with Crippen molar-refractivity contribution in [3.8, 4) is 0 Å². The molecule has 2 aromatic rings. The Hall–Kier alpha value is -1.85. The Kier molecular flexibility index (Phi) is 6.69. The lowest BCUT2D eigenvalue weighted by Crippen LogP contribution is -2.29. The summed E-state index contributed by atoms with van der Waals surface area (Å²) >= 11 is 5.92. The van der Waals surface area contributed by atoms with Gasteiger partial charge in [-0.1, -0.05) is 35.8 Å². The molecule has 1 amide bonds. The van der Waals surface area contributed by atoms with Gasteiger partial charge in [-0.15, -0.1) is 0 Å². The van der Waals surface area contributed by atoms with Crippen LogP contribution in [0.15, 0.2) is 28.8 Å². The van der Waals surface area contributed by atoms with Crippen molar-refractivity contribution in [2.24, 2.45) is 0 Å². The second-order valence-corrected chi connectivity index (χ2v) is 7.29. The quantitative estimate of drug-likeness (QED) is 0.798. The average molecular weight is 376 g/mol. The molecule has 2 heterocycles. The monoisotopic (exact) mass is 375 g/mol. The Labute approximate surface area is 159 Å². The fourth-order valence-electron chi connectivity index (χ4n) is 3.31. The first-order valence-electron chi connectivity index (χ1n) is 9.29. The Morgan fingerprint density at radius 2 is 1.88 bits per heavy atom. The van der Waals surface area contributed by atoms with E-state index in [2.05, 4.69) is 39.6 Å². The second-order valence-electron chi connectivity index (χ2n) is 6.95. The van der Waals surface area contributed by atoms with E-state index in [9.17, 15) is 4.79 Å². The van der Waals surface area contributed by atoms with Gasteiger partial charge in [0, 0.05) is 25.1 Å². The van der Waals surface area contributed by atoms with Gasteiger partial charge in [0.05, 0.1) is 5.69 Å².